The van der Waals surface area contributed by atoms with E-state index in [2.05, 4.69) is 47.8 Å². The molecule has 11 heteroatoms. The number of morpholine rings is 1. The zero-order valence-electron chi connectivity index (χ0n) is 25.4. The summed E-state index contributed by atoms with van der Waals surface area (Å²) in [5.41, 5.74) is 1.97. The minimum atomic E-state index is -3.48. The molecule has 0 spiro atoms. The highest BCUT2D eigenvalue weighted by Gasteiger charge is 2.67. The van der Waals surface area contributed by atoms with Crippen LogP contribution in [0.1, 0.15) is 51.5 Å². The summed E-state index contributed by atoms with van der Waals surface area (Å²) < 4.78 is 59.4. The van der Waals surface area contributed by atoms with Crippen molar-refractivity contribution in [2.75, 3.05) is 81.7 Å². The van der Waals surface area contributed by atoms with Gasteiger partial charge in [-0.2, -0.15) is 4.31 Å². The highest BCUT2D eigenvalue weighted by Crippen LogP contribution is 2.67. The average Bonchev–Trinajstić information content (AvgIpc) is 3.28. The molecule has 2 aliphatic heterocycles. The van der Waals surface area contributed by atoms with Crippen molar-refractivity contribution in [2.24, 2.45) is 16.7 Å². The number of hydrogen-bond acceptors (Lipinski definition) is 8. The average molecular weight is 611 g/mol. The molecule has 2 saturated heterocycles. The Balaban J connectivity index is 1.35. The van der Waals surface area contributed by atoms with E-state index in [1.165, 1.54) is 17.5 Å². The van der Waals surface area contributed by atoms with E-state index in [0.717, 1.165) is 45.3 Å². The third kappa shape index (κ3) is 6.36. The van der Waals surface area contributed by atoms with Crippen LogP contribution in [-0.4, -0.2) is 114 Å². The van der Waals surface area contributed by atoms with Gasteiger partial charge in [-0.05, 0) is 62.0 Å². The van der Waals surface area contributed by atoms with Gasteiger partial charge in [-0.15, -0.1) is 0 Å². The van der Waals surface area contributed by atoms with Crippen LogP contribution in [0.2, 0.25) is 0 Å². The molecule has 2 aliphatic carbocycles. The summed E-state index contributed by atoms with van der Waals surface area (Å²) in [6.07, 6.45) is 5.68. The molecule has 0 N–H and O–H groups in total. The number of rotatable bonds is 11. The standard InChI is InChI=1S/C30H50N4O5S2/c1-25-9-5-6-10-27(25)31-14-16-33(17-15-31)41(37,38)24-30-12-11-26(29(30,2)3)23-28(30)34(32-18-20-39-21-19-32)13-7-8-22-40(4,35)36/h5-6,9-10,26,28H,7-8,11-24H2,1-4H3/t26?,28-,30?/m0/s1. The molecule has 0 radical (unpaired) electrons. The van der Waals surface area contributed by atoms with Gasteiger partial charge in [0.05, 0.1) is 19.0 Å². The van der Waals surface area contributed by atoms with E-state index in [9.17, 15) is 16.8 Å². The number of anilines is 1. The number of hydrazine groups is 1. The highest BCUT2D eigenvalue weighted by molar-refractivity contribution is 7.90. The number of sulfone groups is 1. The summed E-state index contributed by atoms with van der Waals surface area (Å²) in [4.78, 5) is 2.31. The number of unbranched alkanes of at least 4 members (excludes halogenated alkanes) is 1. The first-order valence-corrected chi connectivity index (χ1v) is 19.1. The van der Waals surface area contributed by atoms with Crippen molar-refractivity contribution < 1.29 is 21.6 Å². The number of benzene rings is 1. The van der Waals surface area contributed by atoms with Crippen LogP contribution >= 0.6 is 0 Å². The van der Waals surface area contributed by atoms with Gasteiger partial charge in [0.25, 0.3) is 0 Å². The Labute approximate surface area is 248 Å². The third-order valence-electron chi connectivity index (χ3n) is 10.8. The van der Waals surface area contributed by atoms with Gasteiger partial charge in [0, 0.05) is 75.0 Å². The lowest BCUT2D eigenvalue weighted by atomic mass is 9.68. The van der Waals surface area contributed by atoms with Crippen molar-refractivity contribution in [3.8, 4) is 0 Å². The Bertz CT molecular complexity index is 1270. The van der Waals surface area contributed by atoms with Gasteiger partial charge in [-0.3, -0.25) is 0 Å². The van der Waals surface area contributed by atoms with Gasteiger partial charge in [0.15, 0.2) is 0 Å². The van der Waals surface area contributed by atoms with Crippen LogP contribution in [0.4, 0.5) is 5.69 Å². The van der Waals surface area contributed by atoms with E-state index in [0.29, 0.717) is 51.7 Å². The minimum absolute atomic E-state index is 0.0923. The summed E-state index contributed by atoms with van der Waals surface area (Å²) in [7, 11) is -6.49. The molecule has 2 unspecified atom stereocenters. The largest absolute Gasteiger partial charge is 0.379 e. The van der Waals surface area contributed by atoms with Crippen LogP contribution in [-0.2, 0) is 24.6 Å². The summed E-state index contributed by atoms with van der Waals surface area (Å²) in [5, 5.41) is 4.83. The Hall–Kier alpha value is -1.24. The van der Waals surface area contributed by atoms with Gasteiger partial charge in [0.1, 0.15) is 9.84 Å². The molecule has 2 bridgehead atoms. The number of sulfonamides is 1. The van der Waals surface area contributed by atoms with Crippen molar-refractivity contribution >= 4 is 25.5 Å². The second kappa shape index (κ2) is 12.0. The van der Waals surface area contributed by atoms with Gasteiger partial charge < -0.3 is 9.64 Å². The van der Waals surface area contributed by atoms with Gasteiger partial charge >= 0.3 is 0 Å². The molecule has 2 heterocycles. The quantitative estimate of drug-likeness (QED) is 0.354. The fourth-order valence-electron chi connectivity index (χ4n) is 8.27. The second-order valence-electron chi connectivity index (χ2n) is 13.4. The smallest absolute Gasteiger partial charge is 0.214 e. The fourth-order valence-corrected chi connectivity index (χ4v) is 11.3. The summed E-state index contributed by atoms with van der Waals surface area (Å²) in [5.74, 6) is 0.861. The molecule has 232 valence electrons. The summed E-state index contributed by atoms with van der Waals surface area (Å²) in [6, 6.07) is 8.44. The number of ether oxygens (including phenoxy) is 1. The van der Waals surface area contributed by atoms with Crippen LogP contribution in [0, 0.1) is 23.7 Å². The maximum atomic E-state index is 14.2. The minimum Gasteiger partial charge on any atom is -0.379 e. The van der Waals surface area contributed by atoms with Crippen molar-refractivity contribution in [2.45, 2.75) is 58.9 Å². The number of hydrogen-bond donors (Lipinski definition) is 0. The van der Waals surface area contributed by atoms with Crippen molar-refractivity contribution in [1.29, 1.82) is 0 Å². The normalized spacial score (nSPS) is 29.4. The molecule has 41 heavy (non-hydrogen) atoms. The monoisotopic (exact) mass is 610 g/mol. The van der Waals surface area contributed by atoms with E-state index in [-0.39, 0.29) is 28.4 Å². The second-order valence-corrected chi connectivity index (χ2v) is 17.6. The predicted molar refractivity (Wildman–Crippen MR) is 164 cm³/mol. The molecular weight excluding hydrogens is 560 g/mol. The Morgan fingerprint density at radius 2 is 1.66 bits per heavy atom. The van der Waals surface area contributed by atoms with E-state index in [1.54, 1.807) is 4.31 Å². The van der Waals surface area contributed by atoms with Gasteiger partial charge in [-0.25, -0.2) is 26.9 Å². The van der Waals surface area contributed by atoms with Crippen molar-refractivity contribution in [1.82, 2.24) is 14.3 Å². The molecule has 1 aromatic carbocycles. The van der Waals surface area contributed by atoms with Crippen LogP contribution < -0.4 is 4.90 Å². The fraction of sp³-hybridized carbons (Fsp3) is 0.800. The first-order valence-electron chi connectivity index (χ1n) is 15.4. The lowest BCUT2D eigenvalue weighted by molar-refractivity contribution is -0.140. The SMILES string of the molecule is Cc1ccccc1N1CCN(S(=O)(=O)CC23CCC(C[C@@H]2N(CCCCS(C)(=O)=O)N2CCOCC2)C3(C)C)CC1. The molecular formula is C30H50N4O5S2. The first kappa shape index (κ1) is 31.2. The van der Waals surface area contributed by atoms with E-state index in [1.807, 2.05) is 12.1 Å². The topological polar surface area (TPSA) is 90.5 Å². The van der Waals surface area contributed by atoms with E-state index >= 15 is 0 Å². The van der Waals surface area contributed by atoms with Crippen LogP contribution in [0.3, 0.4) is 0 Å². The number of fused-ring (bicyclic) bond motifs is 2. The van der Waals surface area contributed by atoms with E-state index in [4.69, 9.17) is 4.74 Å². The highest BCUT2D eigenvalue weighted by atomic mass is 32.2. The van der Waals surface area contributed by atoms with Crippen LogP contribution in [0.25, 0.3) is 0 Å². The molecule has 9 nitrogen and oxygen atoms in total. The van der Waals surface area contributed by atoms with Gasteiger partial charge in [-0.1, -0.05) is 32.0 Å². The zero-order valence-corrected chi connectivity index (χ0v) is 27.1. The molecule has 1 aromatic rings. The molecule has 2 saturated carbocycles. The maximum Gasteiger partial charge on any atom is 0.214 e. The van der Waals surface area contributed by atoms with Crippen molar-refractivity contribution in [3.63, 3.8) is 0 Å². The molecule has 0 aromatic heterocycles. The number of nitrogens with zero attached hydrogens (tertiary/aromatic N) is 4. The molecule has 4 aliphatic rings. The molecule has 0 amide bonds. The van der Waals surface area contributed by atoms with E-state index < -0.39 is 19.9 Å². The Kier molecular flexibility index (Phi) is 9.16. The first-order chi connectivity index (χ1) is 19.3. The molecule has 5 rings (SSSR count). The molecule has 3 atom stereocenters. The number of piperazine rings is 1. The van der Waals surface area contributed by atoms with Gasteiger partial charge in [0.2, 0.25) is 10.0 Å². The zero-order chi connectivity index (χ0) is 29.5. The number of para-hydroxylation sites is 1. The van der Waals surface area contributed by atoms with Crippen LogP contribution in [0.15, 0.2) is 24.3 Å². The summed E-state index contributed by atoms with van der Waals surface area (Å²) in [6.45, 7) is 12.8. The Morgan fingerprint density at radius 3 is 2.29 bits per heavy atom. The van der Waals surface area contributed by atoms with Crippen LogP contribution in [0.5, 0.6) is 0 Å². The lowest BCUT2D eigenvalue weighted by Gasteiger charge is -2.51. The lowest BCUT2D eigenvalue weighted by Crippen LogP contribution is -2.61. The predicted octanol–water partition coefficient (Wildman–Crippen LogP) is 3.02. The Morgan fingerprint density at radius 1 is 0.976 bits per heavy atom. The summed E-state index contributed by atoms with van der Waals surface area (Å²) >= 11 is 0. The number of aryl methyl sites for hydroxylation is 1. The maximum absolute atomic E-state index is 14.2. The van der Waals surface area contributed by atoms with Crippen molar-refractivity contribution in [3.05, 3.63) is 29.8 Å². The third-order valence-corrected chi connectivity index (χ3v) is 13.8. The molecule has 4 fully saturated rings.